The Bertz CT molecular complexity index is 1270. The van der Waals surface area contributed by atoms with E-state index in [1.165, 1.54) is 22.9 Å². The minimum absolute atomic E-state index is 0.0207. The van der Waals surface area contributed by atoms with Crippen molar-refractivity contribution in [3.63, 3.8) is 0 Å². The molecule has 1 aliphatic carbocycles. The van der Waals surface area contributed by atoms with Crippen LogP contribution in [0.15, 0.2) is 29.3 Å². The van der Waals surface area contributed by atoms with E-state index in [0.29, 0.717) is 29.1 Å². The highest BCUT2D eigenvalue weighted by Crippen LogP contribution is 2.33. The number of nitrogens with one attached hydrogen (secondary N) is 2. The molecule has 2 heterocycles. The Hall–Kier alpha value is -3.40. The molecule has 9 nitrogen and oxygen atoms in total. The molecule has 0 saturated carbocycles. The molecule has 1 aliphatic rings. The number of nitrogens with zero attached hydrogens (tertiary/aromatic N) is 2. The lowest BCUT2D eigenvalue weighted by Gasteiger charge is -2.12. The fourth-order valence-corrected chi connectivity index (χ4v) is 5.18. The molecular formula is C24H28N4O5S. The van der Waals surface area contributed by atoms with E-state index < -0.39 is 11.8 Å². The zero-order chi connectivity index (χ0) is 24.1. The predicted molar refractivity (Wildman–Crippen MR) is 130 cm³/mol. The number of hydrazine groups is 1. The number of aryl methyl sites for hydroxylation is 3. The van der Waals surface area contributed by atoms with Crippen LogP contribution in [0, 0.1) is 0 Å². The van der Waals surface area contributed by atoms with Gasteiger partial charge in [0, 0.05) is 23.4 Å². The molecule has 0 radical (unpaired) electrons. The second kappa shape index (κ2) is 10.7. The average Bonchev–Trinajstić information content (AvgIpc) is 3.24. The quantitative estimate of drug-likeness (QED) is 0.476. The third-order valence-electron chi connectivity index (χ3n) is 5.72. The molecule has 10 heteroatoms. The van der Waals surface area contributed by atoms with Crippen LogP contribution in [0.2, 0.25) is 0 Å². The summed E-state index contributed by atoms with van der Waals surface area (Å²) < 4.78 is 12.3. The number of hydrogen-bond donors (Lipinski definition) is 2. The van der Waals surface area contributed by atoms with Crippen molar-refractivity contribution in [3.05, 3.63) is 50.9 Å². The molecule has 1 aromatic carbocycles. The molecule has 0 bridgehead atoms. The highest BCUT2D eigenvalue weighted by atomic mass is 32.1. The first-order valence-corrected chi connectivity index (χ1v) is 12.2. The molecule has 0 unspecified atom stereocenters. The van der Waals surface area contributed by atoms with E-state index in [1.54, 1.807) is 29.5 Å². The number of fused-ring (bicyclic) bond motifs is 3. The summed E-state index contributed by atoms with van der Waals surface area (Å²) in [6.07, 6.45) is 6.49. The summed E-state index contributed by atoms with van der Waals surface area (Å²) >= 11 is 1.60. The van der Waals surface area contributed by atoms with Gasteiger partial charge in [0.15, 0.2) is 11.5 Å². The van der Waals surface area contributed by atoms with Gasteiger partial charge in [0.2, 0.25) is 5.91 Å². The van der Waals surface area contributed by atoms with Crippen LogP contribution in [-0.4, -0.2) is 35.1 Å². The van der Waals surface area contributed by atoms with Crippen LogP contribution in [0.4, 0.5) is 0 Å². The molecule has 0 fully saturated rings. The van der Waals surface area contributed by atoms with E-state index in [1.807, 2.05) is 6.92 Å². The Balaban J connectivity index is 1.35. The monoisotopic (exact) mass is 484 g/mol. The van der Waals surface area contributed by atoms with Crippen LogP contribution in [0.5, 0.6) is 11.5 Å². The zero-order valence-electron chi connectivity index (χ0n) is 19.3. The average molecular weight is 485 g/mol. The zero-order valence-corrected chi connectivity index (χ0v) is 20.1. The fourth-order valence-electron chi connectivity index (χ4n) is 3.96. The number of rotatable bonds is 8. The summed E-state index contributed by atoms with van der Waals surface area (Å²) in [5.41, 5.74) is 6.11. The van der Waals surface area contributed by atoms with E-state index in [-0.39, 0.29) is 18.5 Å². The number of hydrogen-bond acceptors (Lipinski definition) is 7. The lowest BCUT2D eigenvalue weighted by molar-refractivity contribution is -0.122. The largest absolute Gasteiger partial charge is 0.493 e. The van der Waals surface area contributed by atoms with E-state index in [0.717, 1.165) is 42.5 Å². The lowest BCUT2D eigenvalue weighted by atomic mass is 9.97. The molecule has 34 heavy (non-hydrogen) atoms. The highest BCUT2D eigenvalue weighted by molar-refractivity contribution is 7.18. The van der Waals surface area contributed by atoms with Crippen molar-refractivity contribution in [2.24, 2.45) is 0 Å². The van der Waals surface area contributed by atoms with Crippen molar-refractivity contribution in [1.29, 1.82) is 0 Å². The van der Waals surface area contributed by atoms with Crippen molar-refractivity contribution < 1.29 is 19.1 Å². The van der Waals surface area contributed by atoms with Gasteiger partial charge in [-0.2, -0.15) is 0 Å². The van der Waals surface area contributed by atoms with Gasteiger partial charge in [0.05, 0.1) is 25.4 Å². The molecule has 180 valence electrons. The summed E-state index contributed by atoms with van der Waals surface area (Å²) in [5.74, 6) is 0.0829. The van der Waals surface area contributed by atoms with Gasteiger partial charge in [-0.25, -0.2) is 4.98 Å². The van der Waals surface area contributed by atoms with Crippen LogP contribution in [-0.2, 0) is 24.2 Å². The van der Waals surface area contributed by atoms with Crippen molar-refractivity contribution >= 4 is 33.4 Å². The van der Waals surface area contributed by atoms with Crippen molar-refractivity contribution in [1.82, 2.24) is 20.4 Å². The first kappa shape index (κ1) is 23.7. The third kappa shape index (κ3) is 5.06. The first-order chi connectivity index (χ1) is 16.5. The molecule has 0 aliphatic heterocycles. The van der Waals surface area contributed by atoms with Gasteiger partial charge in [-0.3, -0.25) is 29.8 Å². The van der Waals surface area contributed by atoms with Crippen LogP contribution in [0.3, 0.4) is 0 Å². The number of carbonyl (C=O) groups is 2. The maximum Gasteiger partial charge on any atom is 0.269 e. The number of benzene rings is 1. The molecule has 2 N–H and O–H groups in total. The maximum atomic E-state index is 13.0. The minimum atomic E-state index is -0.487. The fraction of sp³-hybridized carbons (Fsp3) is 0.417. The van der Waals surface area contributed by atoms with E-state index in [2.05, 4.69) is 15.8 Å². The molecule has 4 rings (SSSR count). The summed E-state index contributed by atoms with van der Waals surface area (Å²) in [5, 5.41) is 0.691. The Morgan fingerprint density at radius 2 is 2.00 bits per heavy atom. The SMILES string of the molecule is CCCOc1ccc(C(=O)NNC(=O)CCn2cnc3sc4c(c3c2=O)CCCC4)cc1OC. The normalized spacial score (nSPS) is 12.8. The van der Waals surface area contributed by atoms with Crippen molar-refractivity contribution in [2.75, 3.05) is 13.7 Å². The Morgan fingerprint density at radius 1 is 1.18 bits per heavy atom. The van der Waals surface area contributed by atoms with E-state index >= 15 is 0 Å². The number of amides is 2. The van der Waals surface area contributed by atoms with Gasteiger partial charge in [-0.15, -0.1) is 11.3 Å². The molecular weight excluding hydrogens is 456 g/mol. The topological polar surface area (TPSA) is 112 Å². The Kier molecular flexibility index (Phi) is 7.46. The number of methoxy groups -OCH3 is 1. The molecule has 2 aromatic heterocycles. The van der Waals surface area contributed by atoms with Gasteiger partial charge in [0.25, 0.3) is 11.5 Å². The number of ether oxygens (including phenoxy) is 2. The van der Waals surface area contributed by atoms with Crippen molar-refractivity contribution in [3.8, 4) is 11.5 Å². The standard InChI is InChI=1S/C24H28N4O5S/c1-3-12-33-17-9-8-15(13-18(17)32-2)22(30)27-26-20(29)10-11-28-14-25-23-21(24(28)31)16-6-4-5-7-19(16)34-23/h8-9,13-14H,3-7,10-12H2,1-2H3,(H,26,29)(H,27,30). The van der Waals surface area contributed by atoms with Gasteiger partial charge in [0.1, 0.15) is 4.83 Å². The molecule has 2 amide bonds. The number of aromatic nitrogens is 2. The predicted octanol–water partition coefficient (Wildman–Crippen LogP) is 2.99. The number of carbonyl (C=O) groups excluding carboxylic acids is 2. The first-order valence-electron chi connectivity index (χ1n) is 11.4. The van der Waals surface area contributed by atoms with Gasteiger partial charge < -0.3 is 9.47 Å². The summed E-state index contributed by atoms with van der Waals surface area (Å²) in [7, 11) is 1.50. The Labute approximate surface area is 201 Å². The van der Waals surface area contributed by atoms with E-state index in [4.69, 9.17) is 9.47 Å². The number of thiophene rings is 1. The lowest BCUT2D eigenvalue weighted by Crippen LogP contribution is -2.42. The van der Waals surface area contributed by atoms with E-state index in [9.17, 15) is 14.4 Å². The molecule has 0 saturated heterocycles. The van der Waals surface area contributed by atoms with Crippen molar-refractivity contribution in [2.45, 2.75) is 52.0 Å². The molecule has 0 spiro atoms. The van der Waals surface area contributed by atoms with Gasteiger partial charge in [-0.05, 0) is 55.9 Å². The Morgan fingerprint density at radius 3 is 2.79 bits per heavy atom. The second-order valence-electron chi connectivity index (χ2n) is 8.10. The molecule has 3 aromatic rings. The van der Waals surface area contributed by atoms with Gasteiger partial charge in [-0.1, -0.05) is 6.92 Å². The highest BCUT2D eigenvalue weighted by Gasteiger charge is 2.20. The van der Waals surface area contributed by atoms with Gasteiger partial charge >= 0.3 is 0 Å². The van der Waals surface area contributed by atoms with Crippen LogP contribution in [0.1, 0.15) is 53.4 Å². The van der Waals surface area contributed by atoms with Crippen LogP contribution < -0.4 is 25.9 Å². The summed E-state index contributed by atoms with van der Waals surface area (Å²) in [6.45, 7) is 2.71. The minimum Gasteiger partial charge on any atom is -0.493 e. The third-order valence-corrected chi connectivity index (χ3v) is 6.92. The van der Waals surface area contributed by atoms with Crippen LogP contribution in [0.25, 0.3) is 10.2 Å². The summed E-state index contributed by atoms with van der Waals surface area (Å²) in [4.78, 5) is 44.2. The summed E-state index contributed by atoms with van der Waals surface area (Å²) in [6, 6.07) is 4.80. The second-order valence-corrected chi connectivity index (χ2v) is 9.18. The maximum absolute atomic E-state index is 13.0. The molecule has 0 atom stereocenters. The van der Waals surface area contributed by atoms with Crippen LogP contribution >= 0.6 is 11.3 Å². The smallest absolute Gasteiger partial charge is 0.269 e.